The highest BCUT2D eigenvalue weighted by Gasteiger charge is 2.19. The van der Waals surface area contributed by atoms with Gasteiger partial charge in [0.2, 0.25) is 5.91 Å². The van der Waals surface area contributed by atoms with Crippen molar-refractivity contribution in [2.75, 3.05) is 6.54 Å². The van der Waals surface area contributed by atoms with Crippen molar-refractivity contribution in [1.82, 2.24) is 10.2 Å². The molecule has 1 aliphatic carbocycles. The topological polar surface area (TPSA) is 70.7 Å². The van der Waals surface area contributed by atoms with Crippen molar-refractivity contribution in [3.05, 3.63) is 35.4 Å². The Morgan fingerprint density at radius 3 is 2.58 bits per heavy atom. The van der Waals surface area contributed by atoms with Gasteiger partial charge in [0.25, 0.3) is 0 Å². The highest BCUT2D eigenvalue weighted by molar-refractivity contribution is 14.0. The fraction of sp³-hybridized carbons (Fsp3) is 0.600. The molecule has 0 radical (unpaired) electrons. The lowest BCUT2D eigenvalue weighted by Gasteiger charge is -2.17. The molecule has 0 bridgehead atoms. The number of aliphatic imine (C=N–C) groups is 1. The Labute approximate surface area is 173 Å². The van der Waals surface area contributed by atoms with E-state index in [1.807, 2.05) is 11.0 Å². The molecule has 1 heterocycles. The van der Waals surface area contributed by atoms with Crippen LogP contribution in [0.5, 0.6) is 0 Å². The maximum Gasteiger partial charge on any atom is 0.222 e. The summed E-state index contributed by atoms with van der Waals surface area (Å²) in [6.45, 7) is 2.15. The summed E-state index contributed by atoms with van der Waals surface area (Å²) >= 11 is 0. The van der Waals surface area contributed by atoms with Crippen LogP contribution in [0.25, 0.3) is 0 Å². The van der Waals surface area contributed by atoms with Gasteiger partial charge in [-0.3, -0.25) is 4.79 Å². The van der Waals surface area contributed by atoms with Crippen molar-refractivity contribution < 1.29 is 4.79 Å². The van der Waals surface area contributed by atoms with Gasteiger partial charge in [-0.25, -0.2) is 4.99 Å². The van der Waals surface area contributed by atoms with Crippen LogP contribution in [0.2, 0.25) is 0 Å². The van der Waals surface area contributed by atoms with Crippen LogP contribution >= 0.6 is 24.0 Å². The van der Waals surface area contributed by atoms with Crippen molar-refractivity contribution in [2.45, 2.75) is 70.5 Å². The lowest BCUT2D eigenvalue weighted by Crippen LogP contribution is -2.39. The Morgan fingerprint density at radius 2 is 1.88 bits per heavy atom. The second-order valence-corrected chi connectivity index (χ2v) is 7.27. The normalized spacial score (nSPS) is 19.2. The molecular weight excluding hydrogens is 439 g/mol. The number of benzene rings is 1. The minimum absolute atomic E-state index is 0. The van der Waals surface area contributed by atoms with Gasteiger partial charge in [-0.05, 0) is 30.4 Å². The zero-order valence-corrected chi connectivity index (χ0v) is 17.8. The van der Waals surface area contributed by atoms with Gasteiger partial charge < -0.3 is 16.0 Å². The van der Waals surface area contributed by atoms with Gasteiger partial charge >= 0.3 is 0 Å². The van der Waals surface area contributed by atoms with E-state index in [9.17, 15) is 4.79 Å². The summed E-state index contributed by atoms with van der Waals surface area (Å²) in [5.41, 5.74) is 8.38. The first kappa shape index (κ1) is 21.0. The average Bonchev–Trinajstić information content (AvgIpc) is 2.85. The number of amides is 1. The first-order chi connectivity index (χ1) is 12.2. The summed E-state index contributed by atoms with van der Waals surface area (Å²) in [6.07, 6.45) is 9.28. The Kier molecular flexibility index (Phi) is 8.68. The smallest absolute Gasteiger partial charge is 0.222 e. The summed E-state index contributed by atoms with van der Waals surface area (Å²) in [5.74, 6) is 0.812. The summed E-state index contributed by atoms with van der Waals surface area (Å²) < 4.78 is 0. The fourth-order valence-electron chi connectivity index (χ4n) is 3.77. The molecule has 0 atom stereocenters. The molecule has 6 heteroatoms. The lowest BCUT2D eigenvalue weighted by atomic mass is 10.1. The highest BCUT2D eigenvalue weighted by Crippen LogP contribution is 2.17. The summed E-state index contributed by atoms with van der Waals surface area (Å²) in [5, 5.41) is 3.38. The van der Waals surface area contributed by atoms with Crippen molar-refractivity contribution >= 4 is 35.8 Å². The van der Waals surface area contributed by atoms with Gasteiger partial charge in [-0.1, -0.05) is 49.9 Å². The molecule has 144 valence electrons. The Hall–Kier alpha value is -1.31. The van der Waals surface area contributed by atoms with E-state index in [0.29, 0.717) is 31.5 Å². The fourth-order valence-corrected chi connectivity index (χ4v) is 3.77. The van der Waals surface area contributed by atoms with Crippen LogP contribution < -0.4 is 11.1 Å². The number of nitrogens with two attached hydrogens (primary N) is 1. The van der Waals surface area contributed by atoms with E-state index in [0.717, 1.165) is 18.5 Å². The quantitative estimate of drug-likeness (QED) is 0.299. The third-order valence-electron chi connectivity index (χ3n) is 5.18. The summed E-state index contributed by atoms with van der Waals surface area (Å²) in [7, 11) is 0. The van der Waals surface area contributed by atoms with E-state index in [4.69, 9.17) is 5.73 Å². The van der Waals surface area contributed by atoms with Gasteiger partial charge in [-0.2, -0.15) is 0 Å². The van der Waals surface area contributed by atoms with Crippen LogP contribution in [0.3, 0.4) is 0 Å². The number of carbonyl (C=O) groups is 1. The van der Waals surface area contributed by atoms with Gasteiger partial charge in [0.1, 0.15) is 0 Å². The molecule has 1 aliphatic heterocycles. The zero-order valence-electron chi connectivity index (χ0n) is 15.5. The number of halogens is 1. The van der Waals surface area contributed by atoms with E-state index in [1.165, 1.54) is 44.1 Å². The van der Waals surface area contributed by atoms with Crippen LogP contribution in [-0.4, -0.2) is 29.4 Å². The number of hydrogen-bond donors (Lipinski definition) is 2. The minimum Gasteiger partial charge on any atom is -0.370 e. The van der Waals surface area contributed by atoms with Gasteiger partial charge in [-0.15, -0.1) is 24.0 Å². The first-order valence-electron chi connectivity index (χ1n) is 9.63. The highest BCUT2D eigenvalue weighted by atomic mass is 127. The molecule has 3 N–H and O–H groups in total. The van der Waals surface area contributed by atoms with Crippen LogP contribution in [0.15, 0.2) is 29.3 Å². The summed E-state index contributed by atoms with van der Waals surface area (Å²) in [6, 6.07) is 8.78. The third kappa shape index (κ3) is 6.45. The van der Waals surface area contributed by atoms with E-state index in [2.05, 4.69) is 28.5 Å². The van der Waals surface area contributed by atoms with E-state index in [1.54, 1.807) is 0 Å². The maximum absolute atomic E-state index is 11.8. The standard InChI is InChI=1S/C20H30N4O.HI/c21-20(23-18-9-3-1-2-4-10-18)22-14-16-7-5-8-17(13-16)15-24-12-6-11-19(24)25;/h5,7-8,13,18H,1-4,6,9-12,14-15H2,(H3,21,22,23);1H. The lowest BCUT2D eigenvalue weighted by molar-refractivity contribution is -0.128. The molecule has 1 saturated heterocycles. The molecule has 1 saturated carbocycles. The number of carbonyl (C=O) groups excluding carboxylic acids is 1. The molecule has 1 amide bonds. The van der Waals surface area contributed by atoms with Crippen molar-refractivity contribution in [3.8, 4) is 0 Å². The molecule has 2 fully saturated rings. The monoisotopic (exact) mass is 470 g/mol. The largest absolute Gasteiger partial charge is 0.370 e. The van der Waals surface area contributed by atoms with Gasteiger partial charge in [0.05, 0.1) is 6.54 Å². The molecule has 0 aromatic heterocycles. The molecule has 0 spiro atoms. The maximum atomic E-state index is 11.8. The minimum atomic E-state index is 0. The molecule has 0 unspecified atom stereocenters. The molecule has 26 heavy (non-hydrogen) atoms. The average molecular weight is 470 g/mol. The van der Waals surface area contributed by atoms with Crippen molar-refractivity contribution in [2.24, 2.45) is 10.7 Å². The third-order valence-corrected chi connectivity index (χ3v) is 5.18. The van der Waals surface area contributed by atoms with Gasteiger partial charge in [0.15, 0.2) is 5.96 Å². The van der Waals surface area contributed by atoms with Gasteiger partial charge in [0, 0.05) is 25.6 Å². The number of nitrogens with one attached hydrogen (secondary N) is 1. The van der Waals surface area contributed by atoms with Crippen LogP contribution in [0, 0.1) is 0 Å². The second kappa shape index (κ2) is 10.7. The SMILES string of the molecule is I.NC(=NCc1cccc(CN2CCCC2=O)c1)NC1CCCCCC1. The zero-order chi connectivity index (χ0) is 17.5. The predicted molar refractivity (Wildman–Crippen MR) is 116 cm³/mol. The van der Waals surface area contributed by atoms with Crippen LogP contribution in [-0.2, 0) is 17.9 Å². The second-order valence-electron chi connectivity index (χ2n) is 7.27. The molecule has 3 rings (SSSR count). The number of guanidine groups is 1. The number of hydrogen-bond acceptors (Lipinski definition) is 2. The van der Waals surface area contributed by atoms with E-state index >= 15 is 0 Å². The van der Waals surface area contributed by atoms with E-state index < -0.39 is 0 Å². The Morgan fingerprint density at radius 1 is 1.15 bits per heavy atom. The van der Waals surface area contributed by atoms with Crippen molar-refractivity contribution in [1.29, 1.82) is 0 Å². The predicted octanol–water partition coefficient (Wildman–Crippen LogP) is 3.55. The molecule has 5 nitrogen and oxygen atoms in total. The Balaban J connectivity index is 0.00000243. The molecule has 2 aliphatic rings. The number of rotatable bonds is 5. The first-order valence-corrected chi connectivity index (χ1v) is 9.63. The number of nitrogens with zero attached hydrogens (tertiary/aromatic N) is 2. The van der Waals surface area contributed by atoms with Crippen LogP contribution in [0.1, 0.15) is 62.5 Å². The number of likely N-dealkylation sites (tertiary alicyclic amines) is 1. The van der Waals surface area contributed by atoms with Crippen molar-refractivity contribution in [3.63, 3.8) is 0 Å². The molecule has 1 aromatic rings. The Bertz CT molecular complexity index is 612. The molecular formula is C20H31IN4O. The van der Waals surface area contributed by atoms with E-state index in [-0.39, 0.29) is 29.9 Å². The molecule has 1 aromatic carbocycles. The van der Waals surface area contributed by atoms with Crippen LogP contribution in [0.4, 0.5) is 0 Å². The summed E-state index contributed by atoms with van der Waals surface area (Å²) in [4.78, 5) is 18.2.